The second-order valence-electron chi connectivity index (χ2n) is 4.19. The second-order valence-corrected chi connectivity index (χ2v) is 5.13. The summed E-state index contributed by atoms with van der Waals surface area (Å²) in [5.74, 6) is 0.646. The number of hydrogen-bond donors (Lipinski definition) is 2. The lowest BCUT2D eigenvalue weighted by Gasteiger charge is -2.13. The van der Waals surface area contributed by atoms with E-state index in [1.807, 2.05) is 0 Å². The van der Waals surface area contributed by atoms with E-state index >= 15 is 0 Å². The summed E-state index contributed by atoms with van der Waals surface area (Å²) in [4.78, 5) is 4.41. The van der Waals surface area contributed by atoms with Gasteiger partial charge in [-0.15, -0.1) is 11.3 Å². The number of hydrogen-bond acceptors (Lipinski definition) is 5. The highest BCUT2D eigenvalue weighted by Gasteiger charge is 2.23. The van der Waals surface area contributed by atoms with Crippen molar-refractivity contribution in [2.24, 2.45) is 11.7 Å². The monoisotopic (exact) mass is 241 g/mol. The molecule has 16 heavy (non-hydrogen) atoms. The molecule has 2 heterocycles. The van der Waals surface area contributed by atoms with Gasteiger partial charge >= 0.3 is 0 Å². The lowest BCUT2D eigenvalue weighted by atomic mass is 10.0. The molecule has 3 N–H and O–H groups in total. The largest absolute Gasteiger partial charge is 0.378 e. The zero-order chi connectivity index (χ0) is 11.4. The molecule has 0 bridgehead atoms. The fourth-order valence-electron chi connectivity index (χ4n) is 1.95. The third-order valence-electron chi connectivity index (χ3n) is 3.02. The first-order valence-corrected chi connectivity index (χ1v) is 6.63. The molecule has 2 unspecified atom stereocenters. The summed E-state index contributed by atoms with van der Waals surface area (Å²) in [6.07, 6.45) is 1.56. The summed E-state index contributed by atoms with van der Waals surface area (Å²) in [7, 11) is 0. The molecular weight excluding hydrogens is 222 g/mol. The summed E-state index contributed by atoms with van der Waals surface area (Å²) in [5.41, 5.74) is 6.62. The van der Waals surface area contributed by atoms with Gasteiger partial charge in [0.2, 0.25) is 0 Å². The van der Waals surface area contributed by atoms with Crippen molar-refractivity contribution in [2.75, 3.05) is 13.2 Å². The van der Waals surface area contributed by atoms with E-state index in [0.717, 1.165) is 30.4 Å². The molecule has 90 valence electrons. The number of nitrogens with two attached hydrogens (primary N) is 1. The lowest BCUT2D eigenvalue weighted by molar-refractivity contribution is 0.105. The van der Waals surface area contributed by atoms with Crippen LogP contribution in [-0.4, -0.2) is 24.2 Å². The Morgan fingerprint density at radius 1 is 1.69 bits per heavy atom. The van der Waals surface area contributed by atoms with E-state index in [4.69, 9.17) is 10.5 Å². The average Bonchev–Trinajstić information content (AvgIpc) is 2.89. The molecule has 2 rings (SSSR count). The Bertz CT molecular complexity index is 329. The van der Waals surface area contributed by atoms with Crippen LogP contribution < -0.4 is 11.1 Å². The first-order valence-electron chi connectivity index (χ1n) is 5.75. The van der Waals surface area contributed by atoms with Crippen LogP contribution in [0.25, 0.3) is 0 Å². The molecule has 1 saturated heterocycles. The number of ether oxygens (including phenoxy) is 1. The molecule has 0 aromatic carbocycles. The molecule has 5 heteroatoms. The number of thiazole rings is 1. The van der Waals surface area contributed by atoms with Gasteiger partial charge in [0, 0.05) is 31.6 Å². The molecule has 0 spiro atoms. The van der Waals surface area contributed by atoms with Crippen LogP contribution >= 0.6 is 11.3 Å². The van der Waals surface area contributed by atoms with Crippen molar-refractivity contribution in [1.82, 2.24) is 10.3 Å². The first kappa shape index (κ1) is 12.0. The maximum atomic E-state index is 5.52. The topological polar surface area (TPSA) is 60.2 Å². The summed E-state index contributed by atoms with van der Waals surface area (Å²) in [5, 5.41) is 6.52. The molecule has 1 aromatic rings. The SMILES string of the molecule is CC1OCCC1CNCc1csc(CN)n1. The van der Waals surface area contributed by atoms with Gasteiger partial charge in [0.25, 0.3) is 0 Å². The Kier molecular flexibility index (Phi) is 4.29. The van der Waals surface area contributed by atoms with Crippen molar-refractivity contribution >= 4 is 11.3 Å². The molecule has 0 aliphatic carbocycles. The van der Waals surface area contributed by atoms with Crippen LogP contribution in [-0.2, 0) is 17.8 Å². The molecular formula is C11H19N3OS. The van der Waals surface area contributed by atoms with Crippen LogP contribution in [0.2, 0.25) is 0 Å². The minimum absolute atomic E-state index is 0.391. The molecule has 0 radical (unpaired) electrons. The van der Waals surface area contributed by atoms with E-state index in [9.17, 15) is 0 Å². The molecule has 1 aliphatic rings. The number of nitrogens with one attached hydrogen (secondary N) is 1. The maximum absolute atomic E-state index is 5.52. The molecule has 1 aromatic heterocycles. The Hall–Kier alpha value is -0.490. The van der Waals surface area contributed by atoms with Gasteiger partial charge in [-0.3, -0.25) is 0 Å². The summed E-state index contributed by atoms with van der Waals surface area (Å²) in [6.45, 7) is 5.44. The van der Waals surface area contributed by atoms with Crippen molar-refractivity contribution in [2.45, 2.75) is 32.5 Å². The zero-order valence-corrected chi connectivity index (χ0v) is 10.4. The Morgan fingerprint density at radius 3 is 3.19 bits per heavy atom. The Morgan fingerprint density at radius 2 is 2.56 bits per heavy atom. The minimum atomic E-state index is 0.391. The van der Waals surface area contributed by atoms with Crippen LogP contribution in [0.1, 0.15) is 24.0 Å². The van der Waals surface area contributed by atoms with Gasteiger partial charge in [0.15, 0.2) is 0 Å². The average molecular weight is 241 g/mol. The smallest absolute Gasteiger partial charge is 0.106 e. The number of nitrogens with zero attached hydrogens (tertiary/aromatic N) is 1. The van der Waals surface area contributed by atoms with Gasteiger partial charge < -0.3 is 15.8 Å². The van der Waals surface area contributed by atoms with Crippen LogP contribution in [0.15, 0.2) is 5.38 Å². The van der Waals surface area contributed by atoms with Gasteiger partial charge in [-0.25, -0.2) is 4.98 Å². The molecule has 1 aliphatic heterocycles. The van der Waals surface area contributed by atoms with Crippen LogP contribution in [0.3, 0.4) is 0 Å². The van der Waals surface area contributed by atoms with E-state index < -0.39 is 0 Å². The van der Waals surface area contributed by atoms with Crippen molar-refractivity contribution < 1.29 is 4.74 Å². The van der Waals surface area contributed by atoms with Crippen molar-refractivity contribution in [3.63, 3.8) is 0 Å². The van der Waals surface area contributed by atoms with E-state index in [1.54, 1.807) is 11.3 Å². The second kappa shape index (κ2) is 5.72. The fraction of sp³-hybridized carbons (Fsp3) is 0.727. The number of rotatable bonds is 5. The van der Waals surface area contributed by atoms with Gasteiger partial charge in [-0.05, 0) is 19.3 Å². The summed E-state index contributed by atoms with van der Waals surface area (Å²) >= 11 is 1.63. The van der Waals surface area contributed by atoms with Gasteiger partial charge in [0.05, 0.1) is 11.8 Å². The third-order valence-corrected chi connectivity index (χ3v) is 3.94. The third kappa shape index (κ3) is 3.01. The van der Waals surface area contributed by atoms with Crippen LogP contribution in [0.5, 0.6) is 0 Å². The minimum Gasteiger partial charge on any atom is -0.378 e. The maximum Gasteiger partial charge on any atom is 0.106 e. The standard InChI is InChI=1S/C11H19N3OS/c1-8-9(2-3-15-8)5-13-6-10-7-16-11(4-12)14-10/h7-9,13H,2-6,12H2,1H3. The molecule has 0 amide bonds. The molecule has 4 nitrogen and oxygen atoms in total. The molecule has 2 atom stereocenters. The first-order chi connectivity index (χ1) is 7.79. The van der Waals surface area contributed by atoms with Gasteiger partial charge in [0.1, 0.15) is 5.01 Å². The molecule has 0 saturated carbocycles. The van der Waals surface area contributed by atoms with Gasteiger partial charge in [-0.2, -0.15) is 0 Å². The highest BCUT2D eigenvalue weighted by atomic mass is 32.1. The van der Waals surface area contributed by atoms with E-state index in [0.29, 0.717) is 18.6 Å². The Labute approximate surface area is 100 Å². The lowest BCUT2D eigenvalue weighted by Crippen LogP contribution is -2.26. The predicted octanol–water partition coefficient (Wildman–Crippen LogP) is 1.12. The summed E-state index contributed by atoms with van der Waals surface area (Å²) in [6, 6.07) is 0. The van der Waals surface area contributed by atoms with Crippen molar-refractivity contribution in [1.29, 1.82) is 0 Å². The zero-order valence-electron chi connectivity index (χ0n) is 9.61. The highest BCUT2D eigenvalue weighted by Crippen LogP contribution is 2.19. The van der Waals surface area contributed by atoms with E-state index in [-0.39, 0.29) is 0 Å². The quantitative estimate of drug-likeness (QED) is 0.811. The van der Waals surface area contributed by atoms with Crippen molar-refractivity contribution in [3.8, 4) is 0 Å². The number of aromatic nitrogens is 1. The Balaban J connectivity index is 1.71. The summed E-state index contributed by atoms with van der Waals surface area (Å²) < 4.78 is 5.52. The molecule has 1 fully saturated rings. The van der Waals surface area contributed by atoms with Gasteiger partial charge in [-0.1, -0.05) is 0 Å². The normalized spacial score (nSPS) is 25.1. The van der Waals surface area contributed by atoms with E-state index in [2.05, 4.69) is 22.6 Å². The van der Waals surface area contributed by atoms with E-state index in [1.165, 1.54) is 6.42 Å². The fourth-order valence-corrected chi connectivity index (χ4v) is 2.63. The van der Waals surface area contributed by atoms with Crippen LogP contribution in [0, 0.1) is 5.92 Å². The predicted molar refractivity (Wildman–Crippen MR) is 65.2 cm³/mol. The van der Waals surface area contributed by atoms with Crippen LogP contribution in [0.4, 0.5) is 0 Å². The highest BCUT2D eigenvalue weighted by molar-refractivity contribution is 7.09. The van der Waals surface area contributed by atoms with Crippen molar-refractivity contribution in [3.05, 3.63) is 16.1 Å².